The lowest BCUT2D eigenvalue weighted by atomic mass is 10.2. The van der Waals surface area contributed by atoms with Crippen LogP contribution in [0.3, 0.4) is 0 Å². The third-order valence-corrected chi connectivity index (χ3v) is 3.71. The summed E-state index contributed by atoms with van der Waals surface area (Å²) in [5.74, 6) is 0. The lowest BCUT2D eigenvalue weighted by molar-refractivity contribution is 0.923. The van der Waals surface area contributed by atoms with Crippen LogP contribution in [0.5, 0.6) is 0 Å². The summed E-state index contributed by atoms with van der Waals surface area (Å²) >= 11 is 12.6. The minimum atomic E-state index is -0.538. The van der Waals surface area contributed by atoms with Crippen LogP contribution in [-0.4, -0.2) is 4.98 Å². The Morgan fingerprint density at radius 2 is 1.95 bits per heavy atom. The van der Waals surface area contributed by atoms with Crippen LogP contribution < -0.4 is 5.32 Å². The third-order valence-electron chi connectivity index (χ3n) is 2.39. The summed E-state index contributed by atoms with van der Waals surface area (Å²) in [6.45, 7) is 0. The first-order valence-electron chi connectivity index (χ1n) is 5.33. The molecule has 0 amide bonds. The summed E-state index contributed by atoms with van der Waals surface area (Å²) in [5.41, 5.74) is 1.45. The van der Waals surface area contributed by atoms with Gasteiger partial charge in [0, 0.05) is 25.9 Å². The molecule has 1 aromatic carbocycles. The molecule has 0 saturated heterocycles. The van der Waals surface area contributed by atoms with Gasteiger partial charge in [-0.1, -0.05) is 11.6 Å². The van der Waals surface area contributed by atoms with Gasteiger partial charge in [-0.15, -0.1) is 0 Å². The van der Waals surface area contributed by atoms with Crippen LogP contribution >= 0.6 is 43.5 Å². The summed E-state index contributed by atoms with van der Waals surface area (Å²) in [6.07, 6.45) is 1.66. The first-order valence-corrected chi connectivity index (χ1v) is 7.29. The van der Waals surface area contributed by atoms with Crippen molar-refractivity contribution in [3.05, 3.63) is 56.2 Å². The van der Waals surface area contributed by atoms with E-state index in [4.69, 9.17) is 11.6 Å². The van der Waals surface area contributed by atoms with E-state index < -0.39 is 6.04 Å². The predicted octanol–water partition coefficient (Wildman–Crippen LogP) is 4.94. The SMILES string of the molecule is N#CC(Nc1ccc(Cl)cc1)c1ncc(Br)cc1Br. The molecule has 0 aliphatic rings. The highest BCUT2D eigenvalue weighted by molar-refractivity contribution is 9.11. The molecular formula is C13H8Br2ClN3. The zero-order valence-corrected chi connectivity index (χ0v) is 13.5. The second-order valence-corrected chi connectivity index (χ2v) is 5.94. The van der Waals surface area contributed by atoms with E-state index in [1.807, 2.05) is 18.2 Å². The van der Waals surface area contributed by atoms with Gasteiger partial charge < -0.3 is 5.32 Å². The number of nitriles is 1. The van der Waals surface area contributed by atoms with Crippen LogP contribution in [0.1, 0.15) is 11.7 Å². The van der Waals surface area contributed by atoms with Gasteiger partial charge in [0.15, 0.2) is 6.04 Å². The second-order valence-electron chi connectivity index (χ2n) is 3.73. The van der Waals surface area contributed by atoms with Crippen LogP contribution in [0.2, 0.25) is 5.02 Å². The number of halogens is 3. The Hall–Kier alpha value is -1.09. The molecule has 1 N–H and O–H groups in total. The first kappa shape index (κ1) is 14.3. The minimum Gasteiger partial charge on any atom is -0.365 e. The topological polar surface area (TPSA) is 48.7 Å². The molecule has 0 bridgehead atoms. The molecule has 2 aromatic rings. The molecule has 19 heavy (non-hydrogen) atoms. The second kappa shape index (κ2) is 6.38. The smallest absolute Gasteiger partial charge is 0.158 e. The highest BCUT2D eigenvalue weighted by atomic mass is 79.9. The van der Waals surface area contributed by atoms with Crippen molar-refractivity contribution in [2.75, 3.05) is 5.32 Å². The largest absolute Gasteiger partial charge is 0.365 e. The van der Waals surface area contributed by atoms with Crippen LogP contribution in [0.4, 0.5) is 5.69 Å². The summed E-state index contributed by atoms with van der Waals surface area (Å²) in [6, 6.07) is 10.7. The Morgan fingerprint density at radius 3 is 2.53 bits per heavy atom. The van der Waals surface area contributed by atoms with Crippen LogP contribution in [0.15, 0.2) is 45.5 Å². The monoisotopic (exact) mass is 399 g/mol. The van der Waals surface area contributed by atoms with Crippen molar-refractivity contribution < 1.29 is 0 Å². The van der Waals surface area contributed by atoms with Gasteiger partial charge in [0.25, 0.3) is 0 Å². The highest BCUT2D eigenvalue weighted by Gasteiger charge is 2.15. The van der Waals surface area contributed by atoms with E-state index >= 15 is 0 Å². The number of rotatable bonds is 3. The van der Waals surface area contributed by atoms with Gasteiger partial charge in [0.2, 0.25) is 0 Å². The fraction of sp³-hybridized carbons (Fsp3) is 0.0769. The molecule has 0 radical (unpaired) electrons. The van der Waals surface area contributed by atoms with E-state index in [0.29, 0.717) is 10.7 Å². The molecule has 1 heterocycles. The zero-order valence-electron chi connectivity index (χ0n) is 9.57. The van der Waals surface area contributed by atoms with Gasteiger partial charge in [0.05, 0.1) is 11.8 Å². The van der Waals surface area contributed by atoms with Gasteiger partial charge >= 0.3 is 0 Å². The Labute approximate surface area is 132 Å². The molecule has 96 valence electrons. The maximum Gasteiger partial charge on any atom is 0.158 e. The van der Waals surface area contributed by atoms with Crippen molar-refractivity contribution >= 4 is 49.1 Å². The Morgan fingerprint density at radius 1 is 1.26 bits per heavy atom. The molecule has 0 spiro atoms. The van der Waals surface area contributed by atoms with E-state index in [0.717, 1.165) is 14.6 Å². The Bertz CT molecular complexity index is 623. The number of anilines is 1. The number of benzene rings is 1. The predicted molar refractivity (Wildman–Crippen MR) is 83.1 cm³/mol. The molecule has 2 rings (SSSR count). The molecule has 0 saturated carbocycles. The summed E-state index contributed by atoms with van der Waals surface area (Å²) in [5, 5.41) is 13.0. The first-order chi connectivity index (χ1) is 9.10. The Kier molecular flexibility index (Phi) is 4.81. The molecule has 1 unspecified atom stereocenters. The van der Waals surface area contributed by atoms with Gasteiger partial charge in [0.1, 0.15) is 0 Å². The minimum absolute atomic E-state index is 0.538. The molecule has 0 fully saturated rings. The summed E-state index contributed by atoms with van der Waals surface area (Å²) in [7, 11) is 0. The number of hydrogen-bond acceptors (Lipinski definition) is 3. The quantitative estimate of drug-likeness (QED) is 0.793. The fourth-order valence-corrected chi connectivity index (χ4v) is 2.85. The standard InChI is InChI=1S/C13H8Br2ClN3/c14-8-5-11(15)13(18-7-8)12(6-17)19-10-3-1-9(16)2-4-10/h1-5,7,12,19H. The zero-order chi connectivity index (χ0) is 13.8. The number of aromatic nitrogens is 1. The molecule has 1 aromatic heterocycles. The van der Waals surface area contributed by atoms with E-state index in [1.165, 1.54) is 0 Å². The van der Waals surface area contributed by atoms with E-state index in [9.17, 15) is 5.26 Å². The van der Waals surface area contributed by atoms with E-state index in [-0.39, 0.29) is 0 Å². The number of nitrogens with zero attached hydrogens (tertiary/aromatic N) is 2. The number of nitrogens with one attached hydrogen (secondary N) is 1. The average molecular weight is 401 g/mol. The lowest BCUT2D eigenvalue weighted by Crippen LogP contribution is -2.10. The van der Waals surface area contributed by atoms with Crippen molar-refractivity contribution in [1.29, 1.82) is 5.26 Å². The molecular weight excluding hydrogens is 393 g/mol. The molecule has 1 atom stereocenters. The molecule has 0 aliphatic heterocycles. The van der Waals surface area contributed by atoms with Gasteiger partial charge in [-0.3, -0.25) is 4.98 Å². The normalized spacial score (nSPS) is 11.7. The number of pyridine rings is 1. The molecule has 3 nitrogen and oxygen atoms in total. The molecule has 6 heteroatoms. The van der Waals surface area contributed by atoms with Crippen LogP contribution in [-0.2, 0) is 0 Å². The van der Waals surface area contributed by atoms with Crippen LogP contribution in [0.25, 0.3) is 0 Å². The summed E-state index contributed by atoms with van der Waals surface area (Å²) in [4.78, 5) is 4.26. The fourth-order valence-electron chi connectivity index (χ4n) is 1.51. The van der Waals surface area contributed by atoms with Crippen molar-refractivity contribution in [2.24, 2.45) is 0 Å². The van der Waals surface area contributed by atoms with Crippen molar-refractivity contribution in [2.45, 2.75) is 6.04 Å². The lowest BCUT2D eigenvalue weighted by Gasteiger charge is -2.14. The van der Waals surface area contributed by atoms with E-state index in [2.05, 4.69) is 48.2 Å². The highest BCUT2D eigenvalue weighted by Crippen LogP contribution is 2.27. The number of hydrogen-bond donors (Lipinski definition) is 1. The van der Waals surface area contributed by atoms with Crippen molar-refractivity contribution in [1.82, 2.24) is 4.98 Å². The van der Waals surface area contributed by atoms with Gasteiger partial charge in [-0.2, -0.15) is 5.26 Å². The van der Waals surface area contributed by atoms with E-state index in [1.54, 1.807) is 18.3 Å². The van der Waals surface area contributed by atoms with Gasteiger partial charge in [-0.25, -0.2) is 0 Å². The maximum absolute atomic E-state index is 9.28. The average Bonchev–Trinajstić information content (AvgIpc) is 2.39. The van der Waals surface area contributed by atoms with Crippen molar-refractivity contribution in [3.63, 3.8) is 0 Å². The third kappa shape index (κ3) is 3.69. The molecule has 0 aliphatic carbocycles. The Balaban J connectivity index is 2.25. The van der Waals surface area contributed by atoms with Crippen molar-refractivity contribution in [3.8, 4) is 6.07 Å². The van der Waals surface area contributed by atoms with Crippen LogP contribution in [0, 0.1) is 11.3 Å². The summed E-state index contributed by atoms with van der Waals surface area (Å²) < 4.78 is 1.63. The maximum atomic E-state index is 9.28. The van der Waals surface area contributed by atoms with Gasteiger partial charge in [-0.05, 0) is 62.2 Å².